The van der Waals surface area contributed by atoms with Gasteiger partial charge in [0.15, 0.2) is 0 Å². The van der Waals surface area contributed by atoms with Crippen LogP contribution < -0.4 is 20.7 Å². The zero-order valence-electron chi connectivity index (χ0n) is 43.3. The molecule has 5 aromatic rings. The van der Waals surface area contributed by atoms with Gasteiger partial charge in [-0.3, -0.25) is 4.18 Å². The maximum Gasteiger partial charge on any atom is 0.296 e. The van der Waals surface area contributed by atoms with Crippen molar-refractivity contribution in [2.24, 2.45) is 17.8 Å². The second-order valence-corrected chi connectivity index (χ2v) is 31.5. The van der Waals surface area contributed by atoms with Crippen molar-refractivity contribution in [2.45, 2.75) is 126 Å². The average Bonchev–Trinajstić information content (AvgIpc) is 4.29. The van der Waals surface area contributed by atoms with Crippen molar-refractivity contribution in [3.63, 3.8) is 0 Å². The Hall–Kier alpha value is -4.36. The van der Waals surface area contributed by atoms with Crippen LogP contribution in [0.1, 0.15) is 92.1 Å². The number of halogens is 6. The van der Waals surface area contributed by atoms with E-state index in [0.29, 0.717) is 13.0 Å². The summed E-state index contributed by atoms with van der Waals surface area (Å²) in [6.45, 7) is 20.0. The number of aliphatic hydroxyl groups is 1. The first-order valence-corrected chi connectivity index (χ1v) is 30.3. The third kappa shape index (κ3) is 15.8. The van der Waals surface area contributed by atoms with Crippen molar-refractivity contribution in [3.8, 4) is 0 Å². The van der Waals surface area contributed by atoms with Crippen LogP contribution in [0, 0.1) is 24.7 Å². The SMILES string of the molecule is C=CCCO[Si](c1ccccc1)(c1ccccc1)C(C)(C)C.CC(C)(C)[Si](OCCC1CC1(F)F)(c1ccccc1)c1ccccc1.Cc1ccc(S(=O)(=O)OCCC2CC2(F)F)cc1.OCCC1CC1(F)F. The molecule has 0 heterocycles. The van der Waals surface area contributed by atoms with Gasteiger partial charge in [0.2, 0.25) is 0 Å². The number of hydrogen-bond donors (Lipinski definition) is 1. The molecule has 1 N–H and O–H groups in total. The van der Waals surface area contributed by atoms with Crippen LogP contribution in [0.2, 0.25) is 10.1 Å². The Morgan fingerprint density at radius 2 is 0.863 bits per heavy atom. The molecule has 3 fully saturated rings. The van der Waals surface area contributed by atoms with Crippen molar-refractivity contribution in [3.05, 3.63) is 164 Å². The minimum atomic E-state index is -3.83. The predicted octanol–water partition coefficient (Wildman–Crippen LogP) is 12.5. The Labute approximate surface area is 432 Å². The van der Waals surface area contributed by atoms with E-state index in [1.165, 1.54) is 32.9 Å². The number of aliphatic hydroxyl groups excluding tert-OH is 1. The van der Waals surface area contributed by atoms with Gasteiger partial charge in [-0.25, -0.2) is 26.3 Å². The van der Waals surface area contributed by atoms with Crippen molar-refractivity contribution in [1.82, 2.24) is 0 Å². The van der Waals surface area contributed by atoms with Gasteiger partial charge >= 0.3 is 0 Å². The van der Waals surface area contributed by atoms with Crippen LogP contribution in [0.4, 0.5) is 26.3 Å². The molecule has 15 heteroatoms. The monoisotopic (exact) mass is 1070 g/mol. The Balaban J connectivity index is 0.000000190. The summed E-state index contributed by atoms with van der Waals surface area (Å²) < 4.78 is 117. The second-order valence-electron chi connectivity index (χ2n) is 21.3. The van der Waals surface area contributed by atoms with E-state index in [0.717, 1.165) is 18.6 Å². The van der Waals surface area contributed by atoms with Gasteiger partial charge in [0, 0.05) is 56.8 Å². The zero-order chi connectivity index (χ0) is 53.8. The summed E-state index contributed by atoms with van der Waals surface area (Å²) in [6.07, 6.45) is 3.39. The second kappa shape index (κ2) is 25.0. The van der Waals surface area contributed by atoms with Crippen molar-refractivity contribution < 1.29 is 52.9 Å². The van der Waals surface area contributed by atoms with Crippen LogP contribution in [0.5, 0.6) is 0 Å². The summed E-state index contributed by atoms with van der Waals surface area (Å²) in [5.74, 6) is -9.31. The molecule has 6 nitrogen and oxygen atoms in total. The molecule has 3 saturated carbocycles. The zero-order valence-corrected chi connectivity index (χ0v) is 46.1. The molecule has 3 aliphatic carbocycles. The molecule has 5 aromatic carbocycles. The Bertz CT molecular complexity index is 2480. The first-order valence-electron chi connectivity index (χ1n) is 25.1. The normalized spacial score (nSPS) is 19.3. The molecule has 8 rings (SSSR count). The maximum absolute atomic E-state index is 13.3. The van der Waals surface area contributed by atoms with Gasteiger partial charge in [-0.2, -0.15) is 8.42 Å². The van der Waals surface area contributed by atoms with Gasteiger partial charge in [0.05, 0.1) is 11.5 Å². The molecule has 0 spiro atoms. The lowest BCUT2D eigenvalue weighted by Gasteiger charge is -2.43. The van der Waals surface area contributed by atoms with Gasteiger partial charge in [0.25, 0.3) is 44.5 Å². The lowest BCUT2D eigenvalue weighted by atomic mass is 10.2. The Morgan fingerprint density at radius 1 is 0.548 bits per heavy atom. The summed E-state index contributed by atoms with van der Waals surface area (Å²) in [4.78, 5) is 0.0515. The van der Waals surface area contributed by atoms with Crippen LogP contribution >= 0.6 is 0 Å². The highest BCUT2D eigenvalue weighted by molar-refractivity contribution is 7.86. The summed E-state index contributed by atoms with van der Waals surface area (Å²) in [5.41, 5.74) is 0.937. The van der Waals surface area contributed by atoms with E-state index in [1.54, 1.807) is 12.1 Å². The molecule has 398 valence electrons. The first kappa shape index (κ1) is 59.5. The Morgan fingerprint density at radius 3 is 1.15 bits per heavy atom. The topological polar surface area (TPSA) is 82.1 Å². The molecular formula is C58H74F6O6SSi2. The van der Waals surface area contributed by atoms with E-state index < -0.39 is 62.3 Å². The molecule has 0 bridgehead atoms. The largest absolute Gasteiger partial charge is 0.407 e. The van der Waals surface area contributed by atoms with Crippen LogP contribution in [-0.2, 0) is 23.2 Å². The fraction of sp³-hybridized carbons (Fsp3) is 0.448. The number of aryl methyl sites for hydroxylation is 1. The minimum absolute atomic E-state index is 0.0110. The summed E-state index contributed by atoms with van der Waals surface area (Å²) >= 11 is 0. The molecule has 0 radical (unpaired) electrons. The van der Waals surface area contributed by atoms with Crippen molar-refractivity contribution in [1.29, 1.82) is 0 Å². The van der Waals surface area contributed by atoms with E-state index in [-0.39, 0.29) is 60.3 Å². The molecule has 0 amide bonds. The smallest absolute Gasteiger partial charge is 0.296 e. The van der Waals surface area contributed by atoms with E-state index in [1.807, 2.05) is 49.4 Å². The molecular weight excluding hydrogens is 995 g/mol. The third-order valence-electron chi connectivity index (χ3n) is 13.6. The summed E-state index contributed by atoms with van der Waals surface area (Å²) in [7, 11) is -8.74. The third-order valence-corrected chi connectivity index (χ3v) is 25.0. The number of hydrogen-bond acceptors (Lipinski definition) is 6. The number of alkyl halides is 6. The summed E-state index contributed by atoms with van der Waals surface area (Å²) in [5, 5.41) is 13.2. The lowest BCUT2D eigenvalue weighted by Crippen LogP contribution is -2.66. The van der Waals surface area contributed by atoms with Crippen LogP contribution in [0.15, 0.2) is 163 Å². The molecule has 0 aliphatic heterocycles. The highest BCUT2D eigenvalue weighted by Crippen LogP contribution is 2.52. The van der Waals surface area contributed by atoms with Crippen LogP contribution in [-0.4, -0.2) is 74.4 Å². The van der Waals surface area contributed by atoms with Gasteiger partial charge in [0.1, 0.15) is 0 Å². The van der Waals surface area contributed by atoms with Gasteiger partial charge in [-0.1, -0.05) is 187 Å². The summed E-state index contributed by atoms with van der Waals surface area (Å²) in [6, 6.07) is 48.3. The first-order chi connectivity index (χ1) is 34.3. The highest BCUT2D eigenvalue weighted by atomic mass is 32.2. The quantitative estimate of drug-likeness (QED) is 0.0292. The van der Waals surface area contributed by atoms with E-state index in [4.69, 9.17) is 18.1 Å². The van der Waals surface area contributed by atoms with E-state index in [2.05, 4.69) is 133 Å². The predicted molar refractivity (Wildman–Crippen MR) is 286 cm³/mol. The van der Waals surface area contributed by atoms with Crippen LogP contribution in [0.25, 0.3) is 0 Å². The van der Waals surface area contributed by atoms with Crippen molar-refractivity contribution in [2.75, 3.05) is 26.4 Å². The van der Waals surface area contributed by atoms with Gasteiger partial charge in [-0.05, 0) is 75.6 Å². The molecule has 0 saturated heterocycles. The van der Waals surface area contributed by atoms with Crippen LogP contribution in [0.3, 0.4) is 0 Å². The Kier molecular flexibility index (Phi) is 20.4. The molecule has 0 aromatic heterocycles. The molecule has 3 atom stereocenters. The van der Waals surface area contributed by atoms with Gasteiger partial charge < -0.3 is 14.0 Å². The minimum Gasteiger partial charge on any atom is -0.407 e. The molecule has 3 unspecified atom stereocenters. The fourth-order valence-corrected chi connectivity index (χ4v) is 19.2. The van der Waals surface area contributed by atoms with Crippen molar-refractivity contribution >= 4 is 47.5 Å². The number of benzene rings is 5. The maximum atomic E-state index is 13.3. The van der Waals surface area contributed by atoms with Gasteiger partial charge in [-0.15, -0.1) is 6.58 Å². The molecule has 3 aliphatic rings. The van der Waals surface area contributed by atoms with E-state index >= 15 is 0 Å². The number of rotatable bonds is 19. The molecule has 73 heavy (non-hydrogen) atoms. The highest BCUT2D eigenvalue weighted by Gasteiger charge is 2.58. The standard InChI is InChI=1S/C21H26F2OSi.C20H26OSi.C12H14F2O3S.C5H8F2O/c1-20(2,3)25(18-10-6-4-7-11-18,19-12-8-5-9-13-19)24-15-14-17-16-21(17,22)23;1-5-6-17-21-22(20(2,3)4,18-13-9-7-10-14-18)19-15-11-8-12-16-19;1-9-2-4-11(5-3-9)18(15,16)17-7-6-10-8-12(10,13)14;6-5(7)3-4(5)1-2-8/h4-13,17H,14-16H2,1-3H3;5,7-16H,1,6,17H2,2-4H3;2-5,10H,6-8H2,1H3;4,8H,1-3H2. The average molecular weight is 1070 g/mol. The fourth-order valence-electron chi connectivity index (χ4n) is 9.15. The lowest BCUT2D eigenvalue weighted by molar-refractivity contribution is 0.0915. The van der Waals surface area contributed by atoms with E-state index in [9.17, 15) is 34.8 Å².